The molecule has 0 saturated heterocycles. The quantitative estimate of drug-likeness (QED) is 0.124. The Balaban J connectivity index is 2.47. The van der Waals surface area contributed by atoms with Gasteiger partial charge in [-0.15, -0.1) is 0 Å². The highest BCUT2D eigenvalue weighted by Crippen LogP contribution is 2.21. The molecule has 0 amide bonds. The summed E-state index contributed by atoms with van der Waals surface area (Å²) in [5.74, 6) is -2.48. The highest BCUT2D eigenvalue weighted by atomic mass is 19.1. The second-order valence-electron chi connectivity index (χ2n) is 10.1. The largest absolute Gasteiger partial charge is 0.327 e. The van der Waals surface area contributed by atoms with Crippen LogP contribution >= 0.6 is 0 Å². The molecule has 204 valence electrons. The van der Waals surface area contributed by atoms with Gasteiger partial charge in [-0.25, -0.2) is 13.2 Å². The molecule has 0 aromatic heterocycles. The van der Waals surface area contributed by atoms with Crippen LogP contribution in [-0.2, 0) is 20.6 Å². The van der Waals surface area contributed by atoms with E-state index in [-0.39, 0.29) is 30.3 Å². The molecule has 0 N–H and O–H groups in total. The summed E-state index contributed by atoms with van der Waals surface area (Å²) in [6, 6.07) is 1.50. The Hall–Kier alpha value is -1.11. The number of hydrogen-bond acceptors (Lipinski definition) is 3. The number of hydrogen-bond donors (Lipinski definition) is 0. The molecule has 0 spiro atoms. The van der Waals surface area contributed by atoms with Gasteiger partial charge in [-0.3, -0.25) is 0 Å². The maximum atomic E-state index is 13.8. The monoisotopic (exact) mass is 502 g/mol. The van der Waals surface area contributed by atoms with Gasteiger partial charge in [0.15, 0.2) is 0 Å². The lowest BCUT2D eigenvalue weighted by Gasteiger charge is -2.27. The normalized spacial score (nSPS) is 12.9. The molecule has 1 aromatic carbocycles. The van der Waals surface area contributed by atoms with Crippen molar-refractivity contribution in [2.24, 2.45) is 0 Å². The van der Waals surface area contributed by atoms with Crippen LogP contribution in [0.1, 0.15) is 124 Å². The number of halogens is 3. The number of rotatable bonds is 21. The van der Waals surface area contributed by atoms with Crippen molar-refractivity contribution in [3.8, 4) is 0 Å². The molecule has 1 rings (SSSR count). The Morgan fingerprint density at radius 1 is 0.629 bits per heavy atom. The summed E-state index contributed by atoms with van der Waals surface area (Å²) in [6.07, 6.45) is 14.4. The summed E-state index contributed by atoms with van der Waals surface area (Å²) < 4.78 is 58.6. The zero-order chi connectivity index (χ0) is 26.1. The number of ether oxygens (including phenoxy) is 3. The van der Waals surface area contributed by atoms with E-state index in [0.717, 1.165) is 50.7 Å². The standard InChI is InChI=1S/C29H49F3O3/c1-6-7-8-9-10-11-14-17-25(35-29(33-22(2)3)34-23(4)5)18-15-12-13-16-19-26-27(31)20-24(30)21-28(26)32/h20-23,25,29H,6-19H2,1-5H3. The van der Waals surface area contributed by atoms with Gasteiger partial charge in [0.25, 0.3) is 6.48 Å². The van der Waals surface area contributed by atoms with E-state index in [4.69, 9.17) is 14.2 Å². The molecule has 0 heterocycles. The zero-order valence-electron chi connectivity index (χ0n) is 22.7. The van der Waals surface area contributed by atoms with E-state index in [1.54, 1.807) is 0 Å². The SMILES string of the molecule is CCCCCCCCCC(CCCCCCc1c(F)cc(F)cc1F)OC(OC(C)C)OC(C)C. The van der Waals surface area contributed by atoms with Gasteiger partial charge in [0.2, 0.25) is 0 Å². The van der Waals surface area contributed by atoms with Crippen molar-refractivity contribution < 1.29 is 27.4 Å². The van der Waals surface area contributed by atoms with Gasteiger partial charge in [0.05, 0.1) is 18.3 Å². The van der Waals surface area contributed by atoms with Crippen molar-refractivity contribution in [3.05, 3.63) is 35.1 Å². The van der Waals surface area contributed by atoms with Crippen LogP contribution in [0.2, 0.25) is 0 Å². The van der Waals surface area contributed by atoms with Crippen molar-refractivity contribution in [3.63, 3.8) is 0 Å². The average molecular weight is 503 g/mol. The molecule has 0 bridgehead atoms. The highest BCUT2D eigenvalue weighted by Gasteiger charge is 2.20. The van der Waals surface area contributed by atoms with Crippen LogP contribution in [0.15, 0.2) is 12.1 Å². The second kappa shape index (κ2) is 19.1. The average Bonchev–Trinajstić information content (AvgIpc) is 2.75. The minimum absolute atomic E-state index is 0.00483. The van der Waals surface area contributed by atoms with Crippen LogP contribution in [0.5, 0.6) is 0 Å². The molecule has 6 heteroatoms. The van der Waals surface area contributed by atoms with Crippen molar-refractivity contribution in [1.82, 2.24) is 0 Å². The highest BCUT2D eigenvalue weighted by molar-refractivity contribution is 5.20. The van der Waals surface area contributed by atoms with E-state index in [1.165, 1.54) is 38.5 Å². The van der Waals surface area contributed by atoms with Crippen molar-refractivity contribution >= 4 is 0 Å². The van der Waals surface area contributed by atoms with E-state index in [9.17, 15) is 13.2 Å². The Kier molecular flexibility index (Phi) is 17.4. The molecular weight excluding hydrogens is 453 g/mol. The first-order chi connectivity index (χ1) is 16.7. The number of benzene rings is 1. The van der Waals surface area contributed by atoms with Crippen LogP contribution < -0.4 is 0 Å². The first kappa shape index (κ1) is 31.9. The van der Waals surface area contributed by atoms with Gasteiger partial charge in [-0.1, -0.05) is 71.1 Å². The van der Waals surface area contributed by atoms with Crippen LogP contribution in [0.4, 0.5) is 13.2 Å². The molecule has 0 aliphatic heterocycles. The predicted molar refractivity (Wildman–Crippen MR) is 137 cm³/mol. The molecule has 0 aliphatic carbocycles. The van der Waals surface area contributed by atoms with Crippen LogP contribution in [0.3, 0.4) is 0 Å². The van der Waals surface area contributed by atoms with Crippen molar-refractivity contribution in [2.45, 2.75) is 149 Å². The Labute approximate surface area is 212 Å². The molecule has 0 aliphatic rings. The van der Waals surface area contributed by atoms with Gasteiger partial charge >= 0.3 is 0 Å². The fourth-order valence-electron chi connectivity index (χ4n) is 4.15. The van der Waals surface area contributed by atoms with Gasteiger partial charge < -0.3 is 14.2 Å². The lowest BCUT2D eigenvalue weighted by Crippen LogP contribution is -2.31. The summed E-state index contributed by atoms with van der Waals surface area (Å²) in [7, 11) is 0. The number of unbranched alkanes of at least 4 members (excludes halogenated alkanes) is 9. The van der Waals surface area contributed by atoms with Gasteiger partial charge in [-0.2, -0.15) is 0 Å². The molecule has 35 heavy (non-hydrogen) atoms. The molecule has 0 saturated carbocycles. The van der Waals surface area contributed by atoms with Crippen LogP contribution in [0.25, 0.3) is 0 Å². The minimum Gasteiger partial charge on any atom is -0.327 e. The van der Waals surface area contributed by atoms with E-state index in [2.05, 4.69) is 6.92 Å². The summed E-state index contributed by atoms with van der Waals surface area (Å²) in [6.45, 7) is 9.44. The molecular formula is C29H49F3O3. The van der Waals surface area contributed by atoms with Gasteiger partial charge in [-0.05, 0) is 53.4 Å². The smallest absolute Gasteiger partial charge is 0.272 e. The minimum atomic E-state index is -0.878. The summed E-state index contributed by atoms with van der Waals surface area (Å²) in [5, 5.41) is 0. The van der Waals surface area contributed by atoms with Crippen molar-refractivity contribution in [2.75, 3.05) is 0 Å². The topological polar surface area (TPSA) is 27.7 Å². The maximum absolute atomic E-state index is 13.8. The van der Waals surface area contributed by atoms with E-state index >= 15 is 0 Å². The lowest BCUT2D eigenvalue weighted by atomic mass is 10.0. The molecule has 1 unspecified atom stereocenters. The first-order valence-corrected chi connectivity index (χ1v) is 13.8. The Bertz CT molecular complexity index is 634. The zero-order valence-corrected chi connectivity index (χ0v) is 22.7. The van der Waals surface area contributed by atoms with E-state index in [1.807, 2.05) is 27.7 Å². The predicted octanol–water partition coefficient (Wildman–Crippen LogP) is 9.26. The Morgan fingerprint density at radius 3 is 1.57 bits per heavy atom. The van der Waals surface area contributed by atoms with Gasteiger partial charge in [0.1, 0.15) is 17.5 Å². The van der Waals surface area contributed by atoms with E-state index in [0.29, 0.717) is 6.42 Å². The first-order valence-electron chi connectivity index (χ1n) is 13.8. The second-order valence-corrected chi connectivity index (χ2v) is 10.1. The van der Waals surface area contributed by atoms with Crippen LogP contribution in [0, 0.1) is 17.5 Å². The van der Waals surface area contributed by atoms with E-state index < -0.39 is 23.9 Å². The third kappa shape index (κ3) is 15.6. The Morgan fingerprint density at radius 2 is 1.09 bits per heavy atom. The summed E-state index contributed by atoms with van der Waals surface area (Å²) in [4.78, 5) is 0. The van der Waals surface area contributed by atoms with Crippen LogP contribution in [-0.4, -0.2) is 24.8 Å². The molecule has 0 radical (unpaired) electrons. The van der Waals surface area contributed by atoms with Gasteiger partial charge in [0, 0.05) is 17.7 Å². The van der Waals surface area contributed by atoms with Crippen molar-refractivity contribution in [1.29, 1.82) is 0 Å². The third-order valence-electron chi connectivity index (χ3n) is 6.01. The lowest BCUT2D eigenvalue weighted by molar-refractivity contribution is -0.327. The fourth-order valence-corrected chi connectivity index (χ4v) is 4.15. The molecule has 1 atom stereocenters. The fraction of sp³-hybridized carbons (Fsp3) is 0.793. The molecule has 3 nitrogen and oxygen atoms in total. The third-order valence-corrected chi connectivity index (χ3v) is 6.01. The summed E-state index contributed by atoms with van der Waals surface area (Å²) in [5.41, 5.74) is -0.0222. The molecule has 1 aromatic rings. The molecule has 0 fully saturated rings. The maximum Gasteiger partial charge on any atom is 0.272 e. The summed E-state index contributed by atoms with van der Waals surface area (Å²) >= 11 is 0.